The monoisotopic (exact) mass is 463 g/mol. The van der Waals surface area contributed by atoms with E-state index in [0.29, 0.717) is 31.7 Å². The van der Waals surface area contributed by atoms with Gasteiger partial charge in [-0.25, -0.2) is 9.38 Å². The Balaban J connectivity index is 0.00000529. The fraction of sp³-hybridized carbons (Fsp3) is 0.533. The number of hydrogen-bond donors (Lipinski definition) is 2. The summed E-state index contributed by atoms with van der Waals surface area (Å²) in [5, 5.41) is 5.94. The maximum absolute atomic E-state index is 13.1. The number of rotatable bonds is 7. The molecule has 9 heteroatoms. The quantitative estimate of drug-likeness (QED) is 0.214. The number of nitrogens with zero attached hydrogens (tertiary/aromatic N) is 1. The first-order chi connectivity index (χ1) is 10.9. The zero-order chi connectivity index (χ0) is 17.3. The number of halogens is 5. The molecule has 1 aromatic carbocycles. The zero-order valence-electron chi connectivity index (χ0n) is 13.5. The van der Waals surface area contributed by atoms with Gasteiger partial charge in [0.05, 0.1) is 12.1 Å². The summed E-state index contributed by atoms with van der Waals surface area (Å²) >= 11 is 0. The molecular weight excluding hydrogens is 441 g/mol. The average molecular weight is 463 g/mol. The second kappa shape index (κ2) is 11.5. The van der Waals surface area contributed by atoms with E-state index in [1.807, 2.05) is 6.92 Å². The molecule has 0 atom stereocenters. The summed E-state index contributed by atoms with van der Waals surface area (Å²) in [6.07, 6.45) is -3.87. The molecule has 0 unspecified atom stereocenters. The Hall–Kier alpha value is -1.10. The Morgan fingerprint density at radius 1 is 1.25 bits per heavy atom. The van der Waals surface area contributed by atoms with Crippen molar-refractivity contribution in [3.8, 4) is 0 Å². The van der Waals surface area contributed by atoms with Crippen molar-refractivity contribution < 1.29 is 22.3 Å². The molecule has 24 heavy (non-hydrogen) atoms. The van der Waals surface area contributed by atoms with Crippen molar-refractivity contribution in [2.24, 2.45) is 4.99 Å². The highest BCUT2D eigenvalue weighted by Gasteiger charge is 2.33. The van der Waals surface area contributed by atoms with E-state index in [1.165, 1.54) is 0 Å². The Labute approximate surface area is 156 Å². The lowest BCUT2D eigenvalue weighted by Gasteiger charge is -2.14. The van der Waals surface area contributed by atoms with Gasteiger partial charge in [-0.15, -0.1) is 24.0 Å². The molecule has 1 rings (SSSR count). The molecule has 1 aromatic rings. The van der Waals surface area contributed by atoms with Crippen LogP contribution in [0.3, 0.4) is 0 Å². The summed E-state index contributed by atoms with van der Waals surface area (Å²) in [4.78, 5) is 4.12. The smallest absolute Gasteiger partial charge is 0.385 e. The number of aliphatic imine (C=N–C) groups is 1. The standard InChI is InChI=1S/C15H21F4N3O.HI/c1-3-20-14(21-7-4-8-23-2)22-10-11-5-6-12(16)9-13(11)15(17,18)19;/h5-6,9H,3-4,7-8,10H2,1-2H3,(H2,20,21,22);1H. The highest BCUT2D eigenvalue weighted by molar-refractivity contribution is 14.0. The predicted molar refractivity (Wildman–Crippen MR) is 96.1 cm³/mol. The van der Waals surface area contributed by atoms with Gasteiger partial charge in [-0.3, -0.25) is 0 Å². The Kier molecular flexibility index (Phi) is 10.9. The first-order valence-electron chi connectivity index (χ1n) is 7.25. The van der Waals surface area contributed by atoms with E-state index in [4.69, 9.17) is 4.74 Å². The van der Waals surface area contributed by atoms with E-state index < -0.39 is 17.6 Å². The van der Waals surface area contributed by atoms with Gasteiger partial charge in [-0.05, 0) is 31.0 Å². The summed E-state index contributed by atoms with van der Waals surface area (Å²) in [6.45, 7) is 3.38. The lowest BCUT2D eigenvalue weighted by Crippen LogP contribution is -2.38. The SMILES string of the molecule is CCNC(=NCc1ccc(F)cc1C(F)(F)F)NCCCOC.I. The van der Waals surface area contributed by atoms with Crippen molar-refractivity contribution in [3.05, 3.63) is 35.1 Å². The molecule has 0 aliphatic rings. The average Bonchev–Trinajstić information content (AvgIpc) is 2.49. The summed E-state index contributed by atoms with van der Waals surface area (Å²) < 4.78 is 56.8. The molecule has 2 N–H and O–H groups in total. The number of benzene rings is 1. The van der Waals surface area contributed by atoms with E-state index in [1.54, 1.807) is 7.11 Å². The predicted octanol–water partition coefficient (Wildman–Crippen LogP) is 3.55. The van der Waals surface area contributed by atoms with Crippen molar-refractivity contribution in [2.75, 3.05) is 26.8 Å². The number of alkyl halides is 3. The Morgan fingerprint density at radius 2 is 1.96 bits per heavy atom. The minimum atomic E-state index is -4.61. The molecule has 0 fully saturated rings. The van der Waals surface area contributed by atoms with Crippen LogP contribution in [0.5, 0.6) is 0 Å². The Morgan fingerprint density at radius 3 is 2.54 bits per heavy atom. The topological polar surface area (TPSA) is 45.7 Å². The first-order valence-corrected chi connectivity index (χ1v) is 7.25. The summed E-state index contributed by atoms with van der Waals surface area (Å²) in [5.41, 5.74) is -1.08. The van der Waals surface area contributed by atoms with E-state index in [9.17, 15) is 17.6 Å². The zero-order valence-corrected chi connectivity index (χ0v) is 15.9. The number of nitrogens with one attached hydrogen (secondary N) is 2. The number of ether oxygens (including phenoxy) is 1. The largest absolute Gasteiger partial charge is 0.416 e. The van der Waals surface area contributed by atoms with Crippen LogP contribution < -0.4 is 10.6 Å². The van der Waals surface area contributed by atoms with E-state index in [2.05, 4.69) is 15.6 Å². The molecule has 0 radical (unpaired) electrons. The lowest BCUT2D eigenvalue weighted by atomic mass is 10.1. The maximum atomic E-state index is 13.1. The fourth-order valence-electron chi connectivity index (χ4n) is 1.88. The van der Waals surface area contributed by atoms with Gasteiger partial charge in [0.1, 0.15) is 5.82 Å². The second-order valence-corrected chi connectivity index (χ2v) is 4.77. The highest BCUT2D eigenvalue weighted by atomic mass is 127. The summed E-state index contributed by atoms with van der Waals surface area (Å²) in [6, 6.07) is 2.60. The molecule has 138 valence electrons. The van der Waals surface area contributed by atoms with Crippen LogP contribution in [-0.4, -0.2) is 32.8 Å². The van der Waals surface area contributed by atoms with Gasteiger partial charge in [0.2, 0.25) is 0 Å². The van der Waals surface area contributed by atoms with Gasteiger partial charge in [0.15, 0.2) is 5.96 Å². The van der Waals surface area contributed by atoms with Gasteiger partial charge < -0.3 is 15.4 Å². The molecule has 0 bridgehead atoms. The number of hydrogen-bond acceptors (Lipinski definition) is 2. The molecule has 4 nitrogen and oxygen atoms in total. The van der Waals surface area contributed by atoms with Crippen LogP contribution in [0.25, 0.3) is 0 Å². The van der Waals surface area contributed by atoms with Crippen molar-refractivity contribution >= 4 is 29.9 Å². The molecule has 0 aliphatic carbocycles. The van der Waals surface area contributed by atoms with Gasteiger partial charge in [-0.2, -0.15) is 13.2 Å². The summed E-state index contributed by atoms with van der Waals surface area (Å²) in [5.74, 6) is -0.518. The minimum Gasteiger partial charge on any atom is -0.385 e. The molecule has 0 spiro atoms. The third kappa shape index (κ3) is 8.13. The normalized spacial score (nSPS) is 11.8. The lowest BCUT2D eigenvalue weighted by molar-refractivity contribution is -0.138. The molecule has 0 saturated heterocycles. The van der Waals surface area contributed by atoms with E-state index in [-0.39, 0.29) is 36.1 Å². The van der Waals surface area contributed by atoms with E-state index >= 15 is 0 Å². The third-order valence-corrected chi connectivity index (χ3v) is 2.95. The second-order valence-electron chi connectivity index (χ2n) is 4.77. The van der Waals surface area contributed by atoms with Crippen LogP contribution >= 0.6 is 24.0 Å². The molecule has 0 amide bonds. The minimum absolute atomic E-state index is 0. The van der Waals surface area contributed by atoms with Gasteiger partial charge >= 0.3 is 6.18 Å². The van der Waals surface area contributed by atoms with Crippen LogP contribution in [0, 0.1) is 5.82 Å². The van der Waals surface area contributed by atoms with Crippen molar-refractivity contribution in [2.45, 2.75) is 26.1 Å². The van der Waals surface area contributed by atoms with Crippen LogP contribution in [0.15, 0.2) is 23.2 Å². The van der Waals surface area contributed by atoms with E-state index in [0.717, 1.165) is 18.6 Å². The Bertz CT molecular complexity index is 524. The van der Waals surface area contributed by atoms with Crippen molar-refractivity contribution in [1.82, 2.24) is 10.6 Å². The molecule has 0 heterocycles. The van der Waals surface area contributed by atoms with Crippen molar-refractivity contribution in [1.29, 1.82) is 0 Å². The fourth-order valence-corrected chi connectivity index (χ4v) is 1.88. The van der Waals surface area contributed by atoms with Gasteiger partial charge in [-0.1, -0.05) is 6.07 Å². The van der Waals surface area contributed by atoms with Crippen LogP contribution in [-0.2, 0) is 17.5 Å². The van der Waals surface area contributed by atoms with Crippen LogP contribution in [0.2, 0.25) is 0 Å². The summed E-state index contributed by atoms with van der Waals surface area (Å²) in [7, 11) is 1.59. The molecule has 0 aromatic heterocycles. The molecule has 0 aliphatic heterocycles. The van der Waals surface area contributed by atoms with Gasteiger partial charge in [0, 0.05) is 26.8 Å². The molecular formula is C15H22F4IN3O. The highest BCUT2D eigenvalue weighted by Crippen LogP contribution is 2.32. The third-order valence-electron chi connectivity index (χ3n) is 2.95. The van der Waals surface area contributed by atoms with Crippen molar-refractivity contribution in [3.63, 3.8) is 0 Å². The molecule has 0 saturated carbocycles. The van der Waals surface area contributed by atoms with Gasteiger partial charge in [0.25, 0.3) is 0 Å². The number of methoxy groups -OCH3 is 1. The number of guanidine groups is 1. The van der Waals surface area contributed by atoms with Crippen LogP contribution in [0.1, 0.15) is 24.5 Å². The maximum Gasteiger partial charge on any atom is 0.416 e. The van der Waals surface area contributed by atoms with Crippen LogP contribution in [0.4, 0.5) is 17.6 Å². The first kappa shape index (κ1) is 22.9.